The first-order valence-corrected chi connectivity index (χ1v) is 11.0. The van der Waals surface area contributed by atoms with Crippen LogP contribution in [0.2, 0.25) is 0 Å². The molecule has 0 spiro atoms. The number of β-amino-alcohol motifs (C(OH)–C–C–N with tert-alkyl or cyclic N) is 1. The largest absolute Gasteiger partial charge is 0.391 e. The molecule has 2 nitrogen and oxygen atoms in total. The Kier molecular flexibility index (Phi) is 21.4. The SMILES string of the molecule is CCCCCCCCCCCCCCCC(C)(C)NCC(O)CCl.Cl. The molecule has 0 aromatic carbocycles. The second kappa shape index (κ2) is 19.3. The maximum Gasteiger partial charge on any atom is 0.0799 e. The van der Waals surface area contributed by atoms with Crippen molar-refractivity contribution in [3.8, 4) is 0 Å². The number of alkyl halides is 1. The van der Waals surface area contributed by atoms with Gasteiger partial charge in [-0.2, -0.15) is 0 Å². The van der Waals surface area contributed by atoms with Crippen molar-refractivity contribution in [1.82, 2.24) is 5.32 Å². The fourth-order valence-corrected chi connectivity index (χ4v) is 3.23. The van der Waals surface area contributed by atoms with Gasteiger partial charge >= 0.3 is 0 Å². The lowest BCUT2D eigenvalue weighted by molar-refractivity contribution is 0.176. The Morgan fingerprint density at radius 2 is 1.20 bits per heavy atom. The molecule has 25 heavy (non-hydrogen) atoms. The molecular weight excluding hydrogens is 353 g/mol. The molecule has 0 aliphatic heterocycles. The Hall–Kier alpha value is 0.500. The van der Waals surface area contributed by atoms with E-state index in [1.807, 2.05) is 0 Å². The summed E-state index contributed by atoms with van der Waals surface area (Å²) in [5.41, 5.74) is 0.102. The number of hydrogen-bond donors (Lipinski definition) is 2. The molecule has 0 aromatic rings. The van der Waals surface area contributed by atoms with Gasteiger partial charge in [0.2, 0.25) is 0 Å². The summed E-state index contributed by atoms with van der Waals surface area (Å²) in [7, 11) is 0. The van der Waals surface area contributed by atoms with Gasteiger partial charge in [-0.1, -0.05) is 90.4 Å². The summed E-state index contributed by atoms with van der Waals surface area (Å²) in [6.45, 7) is 7.31. The fraction of sp³-hybridized carbons (Fsp3) is 1.00. The first-order chi connectivity index (χ1) is 11.5. The fourth-order valence-electron chi connectivity index (χ4n) is 3.12. The van der Waals surface area contributed by atoms with Gasteiger partial charge in [-0.3, -0.25) is 0 Å². The van der Waals surface area contributed by atoms with Crippen LogP contribution in [0, 0.1) is 0 Å². The zero-order valence-corrected chi connectivity index (χ0v) is 18.7. The van der Waals surface area contributed by atoms with Gasteiger partial charge < -0.3 is 10.4 Å². The van der Waals surface area contributed by atoms with E-state index in [-0.39, 0.29) is 17.9 Å². The van der Waals surface area contributed by atoms with E-state index in [9.17, 15) is 5.11 Å². The average molecular weight is 399 g/mol. The molecule has 0 heterocycles. The molecule has 0 bridgehead atoms. The Labute approximate surface area is 169 Å². The Morgan fingerprint density at radius 3 is 1.60 bits per heavy atom. The molecule has 0 amide bonds. The minimum atomic E-state index is -0.433. The monoisotopic (exact) mass is 397 g/mol. The van der Waals surface area contributed by atoms with Crippen LogP contribution in [-0.4, -0.2) is 29.2 Å². The van der Waals surface area contributed by atoms with Crippen LogP contribution in [0.15, 0.2) is 0 Å². The highest BCUT2D eigenvalue weighted by Gasteiger charge is 2.17. The van der Waals surface area contributed by atoms with Gasteiger partial charge in [-0.15, -0.1) is 24.0 Å². The summed E-state index contributed by atoms with van der Waals surface area (Å²) in [4.78, 5) is 0. The second-order valence-corrected chi connectivity index (χ2v) is 8.37. The molecule has 1 unspecified atom stereocenters. The van der Waals surface area contributed by atoms with Crippen LogP contribution in [0.3, 0.4) is 0 Å². The molecule has 0 saturated carbocycles. The van der Waals surface area contributed by atoms with Crippen LogP contribution in [0.4, 0.5) is 0 Å². The first kappa shape index (κ1) is 27.7. The molecule has 0 aromatic heterocycles. The minimum absolute atomic E-state index is 0. The van der Waals surface area contributed by atoms with Crippen molar-refractivity contribution < 1.29 is 5.11 Å². The molecule has 0 saturated heterocycles. The summed E-state index contributed by atoms with van der Waals surface area (Å²) >= 11 is 5.63. The van der Waals surface area contributed by atoms with E-state index >= 15 is 0 Å². The summed E-state index contributed by atoms with van der Waals surface area (Å²) < 4.78 is 0. The molecule has 0 radical (unpaired) electrons. The molecule has 0 fully saturated rings. The number of halogens is 2. The standard InChI is InChI=1S/C21H44ClNO.ClH/c1-4-5-6-7-8-9-10-11-12-13-14-15-16-17-21(2,3)23-19-20(24)18-22;/h20,23-24H,4-19H2,1-3H3;1H. The summed E-state index contributed by atoms with van der Waals surface area (Å²) in [6, 6.07) is 0. The second-order valence-electron chi connectivity index (χ2n) is 8.07. The highest BCUT2D eigenvalue weighted by Crippen LogP contribution is 2.16. The molecule has 4 heteroatoms. The summed E-state index contributed by atoms with van der Waals surface area (Å²) in [6.07, 6.45) is 18.9. The number of nitrogens with one attached hydrogen (secondary N) is 1. The van der Waals surface area contributed by atoms with Crippen LogP contribution in [-0.2, 0) is 0 Å². The smallest absolute Gasteiger partial charge is 0.0799 e. The van der Waals surface area contributed by atoms with Gasteiger partial charge in [-0.25, -0.2) is 0 Å². The lowest BCUT2D eigenvalue weighted by Gasteiger charge is -2.27. The van der Waals surface area contributed by atoms with E-state index in [1.165, 1.54) is 89.9 Å². The van der Waals surface area contributed by atoms with Gasteiger partial charge in [0, 0.05) is 18.0 Å². The molecule has 0 rings (SSSR count). The lowest BCUT2D eigenvalue weighted by Crippen LogP contribution is -2.43. The van der Waals surface area contributed by atoms with E-state index in [0.29, 0.717) is 12.4 Å². The lowest BCUT2D eigenvalue weighted by atomic mass is 9.95. The number of aliphatic hydroxyl groups excluding tert-OH is 1. The van der Waals surface area contributed by atoms with Crippen LogP contribution in [0.5, 0.6) is 0 Å². The Balaban J connectivity index is 0. The third kappa shape index (κ3) is 20.7. The van der Waals surface area contributed by atoms with Crippen molar-refractivity contribution in [1.29, 1.82) is 0 Å². The summed E-state index contributed by atoms with van der Waals surface area (Å²) in [5, 5.41) is 12.9. The van der Waals surface area contributed by atoms with E-state index in [4.69, 9.17) is 11.6 Å². The Bertz CT molecular complexity index is 262. The van der Waals surface area contributed by atoms with Gasteiger partial charge in [0.25, 0.3) is 0 Å². The van der Waals surface area contributed by atoms with Gasteiger partial charge in [0.05, 0.1) is 6.10 Å². The molecule has 154 valence electrons. The predicted octanol–water partition coefficient (Wildman–Crippen LogP) is 6.86. The van der Waals surface area contributed by atoms with Crippen molar-refractivity contribution in [3.05, 3.63) is 0 Å². The molecular formula is C21H45Cl2NO. The van der Waals surface area contributed by atoms with Crippen molar-refractivity contribution in [2.45, 2.75) is 122 Å². The van der Waals surface area contributed by atoms with E-state index in [0.717, 1.165) is 0 Å². The third-order valence-electron chi connectivity index (χ3n) is 4.90. The summed E-state index contributed by atoms with van der Waals surface area (Å²) in [5.74, 6) is 0.307. The van der Waals surface area contributed by atoms with Gasteiger partial charge in [-0.05, 0) is 20.3 Å². The van der Waals surface area contributed by atoms with E-state index in [2.05, 4.69) is 26.1 Å². The molecule has 0 aliphatic carbocycles. The van der Waals surface area contributed by atoms with Crippen LogP contribution in [0.1, 0.15) is 111 Å². The van der Waals surface area contributed by atoms with Crippen LogP contribution in [0.25, 0.3) is 0 Å². The van der Waals surface area contributed by atoms with Gasteiger partial charge in [0.1, 0.15) is 0 Å². The van der Waals surface area contributed by atoms with Crippen molar-refractivity contribution >= 4 is 24.0 Å². The third-order valence-corrected chi connectivity index (χ3v) is 5.26. The molecule has 2 N–H and O–H groups in total. The first-order valence-electron chi connectivity index (χ1n) is 10.5. The van der Waals surface area contributed by atoms with E-state index < -0.39 is 6.10 Å². The highest BCUT2D eigenvalue weighted by molar-refractivity contribution is 6.18. The average Bonchev–Trinajstić information content (AvgIpc) is 2.57. The van der Waals surface area contributed by atoms with E-state index in [1.54, 1.807) is 0 Å². The van der Waals surface area contributed by atoms with Crippen LogP contribution < -0.4 is 5.32 Å². The zero-order chi connectivity index (χ0) is 18.1. The van der Waals surface area contributed by atoms with Crippen molar-refractivity contribution in [2.24, 2.45) is 0 Å². The number of aliphatic hydroxyl groups is 1. The van der Waals surface area contributed by atoms with Crippen LogP contribution >= 0.6 is 24.0 Å². The number of rotatable bonds is 18. The topological polar surface area (TPSA) is 32.3 Å². The van der Waals surface area contributed by atoms with Crippen molar-refractivity contribution in [3.63, 3.8) is 0 Å². The quantitative estimate of drug-likeness (QED) is 0.195. The highest BCUT2D eigenvalue weighted by atomic mass is 35.5. The zero-order valence-electron chi connectivity index (χ0n) is 17.1. The minimum Gasteiger partial charge on any atom is -0.391 e. The molecule has 0 aliphatic rings. The van der Waals surface area contributed by atoms with Gasteiger partial charge in [0.15, 0.2) is 0 Å². The Morgan fingerprint density at radius 1 is 0.800 bits per heavy atom. The number of hydrogen-bond acceptors (Lipinski definition) is 2. The maximum atomic E-state index is 9.51. The maximum absolute atomic E-state index is 9.51. The normalized spacial score (nSPS) is 12.8. The predicted molar refractivity (Wildman–Crippen MR) is 116 cm³/mol. The number of unbranched alkanes of at least 4 members (excludes halogenated alkanes) is 12. The molecule has 1 atom stereocenters. The van der Waals surface area contributed by atoms with Crippen molar-refractivity contribution in [2.75, 3.05) is 12.4 Å².